The molecule has 1 amide bonds. The number of aromatic nitrogens is 1. The van der Waals surface area contributed by atoms with E-state index in [1.165, 1.54) is 24.3 Å². The average Bonchev–Trinajstić information content (AvgIpc) is 2.34. The van der Waals surface area contributed by atoms with Crippen LogP contribution in [-0.2, 0) is 0 Å². The molecule has 0 aliphatic rings. The van der Waals surface area contributed by atoms with E-state index in [-0.39, 0.29) is 25.9 Å². The molecule has 3 nitrogen and oxygen atoms in total. The Balaban J connectivity index is 2.30. The Bertz CT molecular complexity index is 670. The van der Waals surface area contributed by atoms with Crippen molar-refractivity contribution >= 4 is 69.6 Å². The van der Waals surface area contributed by atoms with Crippen LogP contribution in [0.25, 0.3) is 0 Å². The second-order valence-corrected chi connectivity index (χ2v) is 5.70. The molecule has 0 fully saturated rings. The summed E-state index contributed by atoms with van der Waals surface area (Å²) in [7, 11) is 0. The van der Waals surface area contributed by atoms with Crippen LogP contribution in [0.2, 0.25) is 25.4 Å². The second-order valence-electron chi connectivity index (χ2n) is 3.70. The quantitative estimate of drug-likeness (QED) is 0.552. The van der Waals surface area contributed by atoms with Crippen LogP contribution in [0.5, 0.6) is 0 Å². The third-order valence-electron chi connectivity index (χ3n) is 2.28. The number of amides is 1. The van der Waals surface area contributed by atoms with E-state index in [1.54, 1.807) is 0 Å². The summed E-state index contributed by atoms with van der Waals surface area (Å²) in [6, 6.07) is 5.66. The molecule has 0 atom stereocenters. The fourth-order valence-electron chi connectivity index (χ4n) is 1.41. The van der Waals surface area contributed by atoms with E-state index in [1.807, 2.05) is 0 Å². The summed E-state index contributed by atoms with van der Waals surface area (Å²) in [6.07, 6.45) is 0. The van der Waals surface area contributed by atoms with E-state index in [2.05, 4.69) is 10.3 Å². The minimum absolute atomic E-state index is 0.114. The molecule has 8 heteroatoms. The number of hydrogen-bond acceptors (Lipinski definition) is 2. The molecule has 0 aliphatic carbocycles. The molecular weight excluding hydrogens is 365 g/mol. The summed E-state index contributed by atoms with van der Waals surface area (Å²) >= 11 is 29.1. The van der Waals surface area contributed by atoms with E-state index in [0.29, 0.717) is 10.7 Å². The lowest BCUT2D eigenvalue weighted by atomic mass is 10.2. The smallest absolute Gasteiger partial charge is 0.255 e. The van der Waals surface area contributed by atoms with Gasteiger partial charge in [0.1, 0.15) is 10.3 Å². The van der Waals surface area contributed by atoms with E-state index >= 15 is 0 Å². The van der Waals surface area contributed by atoms with Gasteiger partial charge in [-0.25, -0.2) is 4.98 Å². The van der Waals surface area contributed by atoms with Gasteiger partial charge in [-0.05, 0) is 24.3 Å². The number of rotatable bonds is 2. The number of nitrogens with zero attached hydrogens (tertiary/aromatic N) is 1. The van der Waals surface area contributed by atoms with Crippen molar-refractivity contribution in [1.29, 1.82) is 0 Å². The monoisotopic (exact) mass is 368 g/mol. The number of pyridine rings is 1. The average molecular weight is 370 g/mol. The minimum Gasteiger partial charge on any atom is -0.321 e. The summed E-state index contributed by atoms with van der Waals surface area (Å²) in [5.41, 5.74) is 0.576. The maximum absolute atomic E-state index is 12.1. The van der Waals surface area contributed by atoms with Gasteiger partial charge in [0.2, 0.25) is 0 Å². The number of halogens is 5. The van der Waals surface area contributed by atoms with Crippen LogP contribution in [-0.4, -0.2) is 10.9 Å². The number of benzene rings is 1. The molecule has 0 saturated heterocycles. The number of carbonyl (C=O) groups is 1. The summed E-state index contributed by atoms with van der Waals surface area (Å²) in [6.45, 7) is 0. The molecule has 1 aromatic heterocycles. The fourth-order valence-corrected chi connectivity index (χ4v) is 2.46. The molecule has 0 bridgehead atoms. The van der Waals surface area contributed by atoms with Gasteiger partial charge in [0.25, 0.3) is 5.91 Å². The lowest BCUT2D eigenvalue weighted by Gasteiger charge is -2.09. The second kappa shape index (κ2) is 6.37. The molecule has 0 unspecified atom stereocenters. The molecule has 0 radical (unpaired) electrons. The number of carbonyl (C=O) groups excluding carboxylic acids is 1. The highest BCUT2D eigenvalue weighted by Gasteiger charge is 2.12. The number of hydrogen-bond donors (Lipinski definition) is 1. The van der Waals surface area contributed by atoms with Crippen molar-refractivity contribution in [2.75, 3.05) is 5.32 Å². The standard InChI is InChI=1S/C12H5Cl5N2O/c13-6-3-8(15)9(4-7(6)14)18-12(20)5-1-10(16)19-11(17)2-5/h1-4H,(H,18,20). The zero-order chi connectivity index (χ0) is 14.9. The molecule has 20 heavy (non-hydrogen) atoms. The van der Waals surface area contributed by atoms with Gasteiger partial charge < -0.3 is 5.32 Å². The molecule has 104 valence electrons. The molecule has 2 aromatic rings. The maximum Gasteiger partial charge on any atom is 0.255 e. The van der Waals surface area contributed by atoms with Gasteiger partial charge in [0.15, 0.2) is 0 Å². The van der Waals surface area contributed by atoms with Crippen molar-refractivity contribution in [2.45, 2.75) is 0 Å². The van der Waals surface area contributed by atoms with Crippen LogP contribution in [0.4, 0.5) is 5.69 Å². The van der Waals surface area contributed by atoms with Gasteiger partial charge >= 0.3 is 0 Å². The molecule has 0 aliphatic heterocycles. The Kier molecular flexibility index (Phi) is 4.99. The molecule has 1 N–H and O–H groups in total. The van der Waals surface area contributed by atoms with Gasteiger partial charge in [-0.2, -0.15) is 0 Å². The van der Waals surface area contributed by atoms with E-state index < -0.39 is 5.91 Å². The van der Waals surface area contributed by atoms with E-state index in [0.717, 1.165) is 0 Å². The Morgan fingerprint density at radius 2 is 1.40 bits per heavy atom. The number of nitrogens with one attached hydrogen (secondary N) is 1. The van der Waals surface area contributed by atoms with Crippen molar-refractivity contribution in [1.82, 2.24) is 4.98 Å². The van der Waals surface area contributed by atoms with Crippen LogP contribution in [0.1, 0.15) is 10.4 Å². The predicted octanol–water partition coefficient (Wildman–Crippen LogP) is 5.60. The van der Waals surface area contributed by atoms with Gasteiger partial charge in [0, 0.05) is 5.56 Å². The molecule has 0 saturated carbocycles. The Morgan fingerprint density at radius 1 is 0.850 bits per heavy atom. The van der Waals surface area contributed by atoms with E-state index in [9.17, 15) is 4.79 Å². The molecule has 0 spiro atoms. The number of anilines is 1. The summed E-state index contributed by atoms with van der Waals surface area (Å²) in [4.78, 5) is 15.8. The van der Waals surface area contributed by atoms with Gasteiger partial charge in [-0.1, -0.05) is 58.0 Å². The van der Waals surface area contributed by atoms with Crippen molar-refractivity contribution in [3.05, 3.63) is 55.2 Å². The first kappa shape index (κ1) is 15.7. The summed E-state index contributed by atoms with van der Waals surface area (Å²) < 4.78 is 0. The van der Waals surface area contributed by atoms with Crippen LogP contribution >= 0.6 is 58.0 Å². The first-order chi connectivity index (χ1) is 9.36. The lowest BCUT2D eigenvalue weighted by molar-refractivity contribution is 0.102. The molecule has 2 rings (SSSR count). The van der Waals surface area contributed by atoms with Crippen molar-refractivity contribution in [2.24, 2.45) is 0 Å². The predicted molar refractivity (Wildman–Crippen MR) is 83.7 cm³/mol. The Labute approximate surface area is 139 Å². The van der Waals surface area contributed by atoms with Gasteiger partial charge in [0.05, 0.1) is 20.8 Å². The molecular formula is C12H5Cl5N2O. The lowest BCUT2D eigenvalue weighted by Crippen LogP contribution is -2.12. The van der Waals surface area contributed by atoms with Crippen LogP contribution < -0.4 is 5.32 Å². The van der Waals surface area contributed by atoms with Crippen molar-refractivity contribution in [3.63, 3.8) is 0 Å². The third kappa shape index (κ3) is 3.68. The summed E-state index contributed by atoms with van der Waals surface area (Å²) in [5, 5.41) is 3.65. The molecule has 1 aromatic carbocycles. The third-order valence-corrected chi connectivity index (χ3v) is 3.71. The Morgan fingerprint density at radius 3 is 2.00 bits per heavy atom. The maximum atomic E-state index is 12.1. The normalized spacial score (nSPS) is 10.4. The van der Waals surface area contributed by atoms with Crippen molar-refractivity contribution < 1.29 is 4.79 Å². The topological polar surface area (TPSA) is 42.0 Å². The zero-order valence-corrected chi connectivity index (χ0v) is 13.3. The first-order valence-electron chi connectivity index (χ1n) is 5.16. The van der Waals surface area contributed by atoms with Crippen LogP contribution in [0.3, 0.4) is 0 Å². The zero-order valence-electron chi connectivity index (χ0n) is 9.55. The van der Waals surface area contributed by atoms with E-state index in [4.69, 9.17) is 58.0 Å². The highest BCUT2D eigenvalue weighted by Crippen LogP contribution is 2.32. The Hall–Kier alpha value is -0.710. The minimum atomic E-state index is -0.448. The highest BCUT2D eigenvalue weighted by atomic mass is 35.5. The van der Waals surface area contributed by atoms with Crippen molar-refractivity contribution in [3.8, 4) is 0 Å². The SMILES string of the molecule is O=C(Nc1cc(Cl)c(Cl)cc1Cl)c1cc(Cl)nc(Cl)c1. The molecule has 1 heterocycles. The van der Waals surface area contributed by atoms with Crippen LogP contribution in [0.15, 0.2) is 24.3 Å². The largest absolute Gasteiger partial charge is 0.321 e. The first-order valence-corrected chi connectivity index (χ1v) is 7.05. The van der Waals surface area contributed by atoms with Gasteiger partial charge in [-0.3, -0.25) is 4.79 Å². The van der Waals surface area contributed by atoms with Crippen LogP contribution in [0, 0.1) is 0 Å². The highest BCUT2D eigenvalue weighted by molar-refractivity contribution is 6.44. The fraction of sp³-hybridized carbons (Fsp3) is 0. The summed E-state index contributed by atoms with van der Waals surface area (Å²) in [5.74, 6) is -0.448. The van der Waals surface area contributed by atoms with Gasteiger partial charge in [-0.15, -0.1) is 0 Å².